The van der Waals surface area contributed by atoms with Gasteiger partial charge in [-0.1, -0.05) is 48.5 Å². The summed E-state index contributed by atoms with van der Waals surface area (Å²) >= 11 is 0. The van der Waals surface area contributed by atoms with Gasteiger partial charge in [0.25, 0.3) is 5.91 Å². The van der Waals surface area contributed by atoms with Crippen LogP contribution >= 0.6 is 0 Å². The van der Waals surface area contributed by atoms with Gasteiger partial charge >= 0.3 is 6.03 Å². The second kappa shape index (κ2) is 8.11. The van der Waals surface area contributed by atoms with Gasteiger partial charge in [-0.05, 0) is 37.3 Å². The van der Waals surface area contributed by atoms with Crippen molar-refractivity contribution in [2.75, 3.05) is 6.54 Å². The van der Waals surface area contributed by atoms with E-state index in [1.165, 1.54) is 0 Å². The number of hydrogen-bond acceptors (Lipinski definition) is 4. The minimum atomic E-state index is -0.908. The Labute approximate surface area is 185 Å². The average Bonchev–Trinajstić information content (AvgIpc) is 3.52. The van der Waals surface area contributed by atoms with Gasteiger partial charge in [0.1, 0.15) is 12.2 Å². The van der Waals surface area contributed by atoms with E-state index in [9.17, 15) is 14.4 Å². The maximum absolute atomic E-state index is 13.3. The molecule has 0 bridgehead atoms. The molecule has 2 unspecified atom stereocenters. The zero-order valence-corrected chi connectivity index (χ0v) is 17.8. The number of para-hydroxylation sites is 1. The lowest BCUT2D eigenvalue weighted by Gasteiger charge is -2.30. The van der Waals surface area contributed by atoms with Gasteiger partial charge in [0.2, 0.25) is 5.91 Å². The molecule has 1 aromatic heterocycles. The van der Waals surface area contributed by atoms with Gasteiger partial charge in [-0.3, -0.25) is 19.6 Å². The van der Waals surface area contributed by atoms with Crippen molar-refractivity contribution in [2.24, 2.45) is 5.92 Å². The molecule has 2 aromatic carbocycles. The molecular formula is C24H25N5O3. The fourth-order valence-electron chi connectivity index (χ4n) is 4.36. The minimum Gasteiger partial charge on any atom is -0.334 e. The summed E-state index contributed by atoms with van der Waals surface area (Å²) in [7, 11) is 0. The molecule has 5 rings (SSSR count). The maximum Gasteiger partial charge on any atom is 0.325 e. The molecule has 8 heteroatoms. The smallest absolute Gasteiger partial charge is 0.325 e. The normalized spacial score (nSPS) is 19.3. The number of benzene rings is 2. The molecule has 2 fully saturated rings. The van der Waals surface area contributed by atoms with E-state index in [0.717, 1.165) is 34.2 Å². The Balaban J connectivity index is 1.35. The lowest BCUT2D eigenvalue weighted by molar-refractivity contribution is -0.139. The Morgan fingerprint density at radius 1 is 1.12 bits per heavy atom. The second-order valence-electron chi connectivity index (χ2n) is 8.55. The molecule has 1 aliphatic carbocycles. The Bertz CT molecular complexity index is 1170. The number of carbonyl (C=O) groups is 3. The van der Waals surface area contributed by atoms with E-state index < -0.39 is 18.0 Å². The monoisotopic (exact) mass is 431 g/mol. The Kier molecular flexibility index (Phi) is 5.13. The average molecular weight is 431 g/mol. The third-order valence-corrected chi connectivity index (χ3v) is 6.40. The van der Waals surface area contributed by atoms with E-state index >= 15 is 0 Å². The first-order valence-corrected chi connectivity index (χ1v) is 10.9. The van der Waals surface area contributed by atoms with E-state index in [1.54, 1.807) is 4.90 Å². The van der Waals surface area contributed by atoms with Gasteiger partial charge in [-0.2, -0.15) is 5.10 Å². The highest BCUT2D eigenvalue weighted by atomic mass is 16.2. The Morgan fingerprint density at radius 3 is 2.59 bits per heavy atom. The van der Waals surface area contributed by atoms with Crippen LogP contribution in [0.2, 0.25) is 0 Å². The van der Waals surface area contributed by atoms with Crippen molar-refractivity contribution in [1.82, 2.24) is 25.3 Å². The van der Waals surface area contributed by atoms with E-state index in [4.69, 9.17) is 0 Å². The van der Waals surface area contributed by atoms with E-state index in [-0.39, 0.29) is 18.5 Å². The van der Waals surface area contributed by atoms with E-state index in [0.29, 0.717) is 18.2 Å². The third kappa shape index (κ3) is 3.72. The van der Waals surface area contributed by atoms with Gasteiger partial charge in [0.05, 0.1) is 5.52 Å². The number of nitrogens with zero attached hydrogens (tertiary/aromatic N) is 3. The largest absolute Gasteiger partial charge is 0.334 e. The molecule has 2 aliphatic rings. The van der Waals surface area contributed by atoms with Crippen LogP contribution < -0.4 is 5.32 Å². The van der Waals surface area contributed by atoms with Crippen molar-refractivity contribution >= 4 is 28.7 Å². The summed E-state index contributed by atoms with van der Waals surface area (Å²) in [5, 5.41) is 10.6. The molecule has 0 spiro atoms. The highest BCUT2D eigenvalue weighted by Gasteiger charge is 2.43. The Morgan fingerprint density at radius 2 is 1.84 bits per heavy atom. The van der Waals surface area contributed by atoms with Gasteiger partial charge in [0, 0.05) is 18.0 Å². The number of rotatable bonds is 7. The topological polar surface area (TPSA) is 98.4 Å². The summed E-state index contributed by atoms with van der Waals surface area (Å²) in [5.41, 5.74) is 2.26. The molecule has 3 aromatic rings. The van der Waals surface area contributed by atoms with Crippen LogP contribution in [0.15, 0.2) is 54.6 Å². The van der Waals surface area contributed by atoms with Crippen LogP contribution in [0.25, 0.3) is 10.9 Å². The highest BCUT2D eigenvalue weighted by Crippen LogP contribution is 2.36. The van der Waals surface area contributed by atoms with Gasteiger partial charge in [-0.15, -0.1) is 0 Å². The highest BCUT2D eigenvalue weighted by molar-refractivity contribution is 6.08. The standard InChI is InChI=1S/C24H25N5O3/c1-15(17-11-12-17)28(13-16-7-3-2-4-8-16)20(30)14-29-23(31)22(25-24(29)32)21-18-9-5-6-10-19(18)26-27-21/h2-10,15,17,22H,11-14H2,1H3,(H,25,32)(H,26,27). The van der Waals surface area contributed by atoms with Crippen molar-refractivity contribution in [3.05, 3.63) is 65.9 Å². The van der Waals surface area contributed by atoms with Crippen LogP contribution in [0, 0.1) is 5.92 Å². The van der Waals surface area contributed by atoms with Crippen LogP contribution in [-0.2, 0) is 16.1 Å². The van der Waals surface area contributed by atoms with Gasteiger partial charge in [0.15, 0.2) is 6.04 Å². The number of amides is 4. The number of fused-ring (bicyclic) bond motifs is 1. The zero-order valence-electron chi connectivity index (χ0n) is 17.8. The number of H-pyrrole nitrogens is 1. The first kappa shape index (κ1) is 20.2. The number of urea groups is 1. The van der Waals surface area contributed by atoms with E-state index in [1.807, 2.05) is 61.5 Å². The van der Waals surface area contributed by atoms with E-state index in [2.05, 4.69) is 15.5 Å². The van der Waals surface area contributed by atoms with Gasteiger partial charge in [-0.25, -0.2) is 4.79 Å². The lowest BCUT2D eigenvalue weighted by atomic mass is 10.1. The molecule has 1 saturated carbocycles. The predicted octanol–water partition coefficient (Wildman–Crippen LogP) is 2.98. The summed E-state index contributed by atoms with van der Waals surface area (Å²) in [6.07, 6.45) is 2.19. The fourth-order valence-corrected chi connectivity index (χ4v) is 4.36. The Hall–Kier alpha value is -3.68. The molecule has 4 amide bonds. The summed E-state index contributed by atoms with van der Waals surface area (Å²) < 4.78 is 0. The number of imide groups is 1. The first-order chi connectivity index (χ1) is 15.5. The number of nitrogens with one attached hydrogen (secondary N) is 2. The van der Waals surface area contributed by atoms with Crippen molar-refractivity contribution in [3.63, 3.8) is 0 Å². The quantitative estimate of drug-likeness (QED) is 0.562. The number of aromatic amines is 1. The predicted molar refractivity (Wildman–Crippen MR) is 118 cm³/mol. The fraction of sp³-hybridized carbons (Fsp3) is 0.333. The van der Waals surface area contributed by atoms with Crippen molar-refractivity contribution in [1.29, 1.82) is 0 Å². The SMILES string of the molecule is CC(C1CC1)N(Cc1ccccc1)C(=O)CN1C(=O)NC(c2n[nH]c3ccccc23)C1=O. The van der Waals surface area contributed by atoms with Crippen LogP contribution in [0.1, 0.15) is 37.1 Å². The number of aromatic nitrogens is 2. The molecule has 1 saturated heterocycles. The number of carbonyl (C=O) groups excluding carboxylic acids is 3. The molecule has 0 radical (unpaired) electrons. The zero-order chi connectivity index (χ0) is 22.2. The third-order valence-electron chi connectivity index (χ3n) is 6.40. The molecule has 1 aliphatic heterocycles. The maximum atomic E-state index is 13.3. The summed E-state index contributed by atoms with van der Waals surface area (Å²) in [5.74, 6) is -0.224. The first-order valence-electron chi connectivity index (χ1n) is 10.9. The molecule has 2 atom stereocenters. The summed E-state index contributed by atoms with van der Waals surface area (Å²) in [6.45, 7) is 2.21. The summed E-state index contributed by atoms with van der Waals surface area (Å²) in [6, 6.07) is 15.8. The summed E-state index contributed by atoms with van der Waals surface area (Å²) in [4.78, 5) is 41.9. The van der Waals surface area contributed by atoms with Crippen LogP contribution in [0.4, 0.5) is 4.79 Å². The van der Waals surface area contributed by atoms with Crippen LogP contribution in [-0.4, -0.2) is 50.4 Å². The lowest BCUT2D eigenvalue weighted by Crippen LogP contribution is -2.46. The molecular weight excluding hydrogens is 406 g/mol. The van der Waals surface area contributed by atoms with Crippen molar-refractivity contribution < 1.29 is 14.4 Å². The second-order valence-corrected chi connectivity index (χ2v) is 8.55. The molecule has 32 heavy (non-hydrogen) atoms. The molecule has 2 heterocycles. The molecule has 164 valence electrons. The van der Waals surface area contributed by atoms with Gasteiger partial charge < -0.3 is 10.2 Å². The van der Waals surface area contributed by atoms with Crippen LogP contribution in [0.5, 0.6) is 0 Å². The molecule has 2 N–H and O–H groups in total. The minimum absolute atomic E-state index is 0.0505. The number of hydrogen-bond donors (Lipinski definition) is 2. The van der Waals surface area contributed by atoms with Crippen molar-refractivity contribution in [3.8, 4) is 0 Å². The van der Waals surface area contributed by atoms with Crippen molar-refractivity contribution in [2.45, 2.75) is 38.4 Å². The molecule has 8 nitrogen and oxygen atoms in total. The van der Waals surface area contributed by atoms with Crippen LogP contribution in [0.3, 0.4) is 0 Å².